The van der Waals surface area contributed by atoms with Gasteiger partial charge in [0.2, 0.25) is 0 Å². The molecule has 0 radical (unpaired) electrons. The lowest BCUT2D eigenvalue weighted by molar-refractivity contribution is 0.219. The second-order valence-electron chi connectivity index (χ2n) is 5.10. The molecule has 1 aromatic heterocycles. The van der Waals surface area contributed by atoms with E-state index in [2.05, 4.69) is 10.3 Å². The molecule has 3 heteroatoms. The van der Waals surface area contributed by atoms with E-state index in [4.69, 9.17) is 0 Å². The molecular weight excluding hydrogens is 236 g/mol. The number of anilines is 1. The fourth-order valence-electron chi connectivity index (χ4n) is 2.19. The van der Waals surface area contributed by atoms with E-state index in [1.165, 1.54) is 12.8 Å². The lowest BCUT2D eigenvalue weighted by Gasteiger charge is -2.15. The Balaban J connectivity index is 1.84. The molecule has 1 atom stereocenters. The number of rotatable bonds is 4. The Morgan fingerprint density at radius 3 is 2.53 bits per heavy atom. The van der Waals surface area contributed by atoms with E-state index in [0.717, 1.165) is 22.6 Å². The zero-order valence-electron chi connectivity index (χ0n) is 11.0. The van der Waals surface area contributed by atoms with Gasteiger partial charge in [0.15, 0.2) is 0 Å². The highest BCUT2D eigenvalue weighted by Gasteiger charge is 2.22. The van der Waals surface area contributed by atoms with Crippen molar-refractivity contribution in [1.29, 1.82) is 0 Å². The molecule has 3 nitrogen and oxygen atoms in total. The first kappa shape index (κ1) is 12.2. The lowest BCUT2D eigenvalue weighted by Crippen LogP contribution is -2.07. The average Bonchev–Trinajstić information content (AvgIpc) is 3.23. The molecule has 3 rings (SSSR count). The van der Waals surface area contributed by atoms with Crippen LogP contribution in [0.25, 0.3) is 0 Å². The number of aryl methyl sites for hydroxylation is 1. The number of aliphatic hydroxyl groups is 1. The van der Waals surface area contributed by atoms with Crippen LogP contribution in [0.15, 0.2) is 42.5 Å². The van der Waals surface area contributed by atoms with Crippen molar-refractivity contribution in [2.75, 3.05) is 5.32 Å². The van der Waals surface area contributed by atoms with E-state index in [0.29, 0.717) is 6.04 Å². The number of aliphatic hydroxyl groups excluding tert-OH is 1. The summed E-state index contributed by atoms with van der Waals surface area (Å²) in [4.78, 5) is 4.53. The SMILES string of the molecule is Cc1nc(NC2CC2)ccc1[C@H](O)c1ccccc1. The summed E-state index contributed by atoms with van der Waals surface area (Å²) >= 11 is 0. The first-order chi connectivity index (χ1) is 9.24. The van der Waals surface area contributed by atoms with Gasteiger partial charge in [0, 0.05) is 17.3 Å². The summed E-state index contributed by atoms with van der Waals surface area (Å²) in [5, 5.41) is 13.8. The van der Waals surface area contributed by atoms with Gasteiger partial charge in [-0.3, -0.25) is 0 Å². The summed E-state index contributed by atoms with van der Waals surface area (Å²) in [6.07, 6.45) is 1.85. The second-order valence-corrected chi connectivity index (χ2v) is 5.10. The van der Waals surface area contributed by atoms with Crippen molar-refractivity contribution in [2.45, 2.75) is 31.9 Å². The van der Waals surface area contributed by atoms with E-state index in [1.807, 2.05) is 49.4 Å². The third-order valence-corrected chi connectivity index (χ3v) is 3.47. The summed E-state index contributed by atoms with van der Waals surface area (Å²) in [5.41, 5.74) is 2.64. The van der Waals surface area contributed by atoms with E-state index in [-0.39, 0.29) is 0 Å². The highest BCUT2D eigenvalue weighted by atomic mass is 16.3. The second kappa shape index (κ2) is 5.02. The molecule has 2 aromatic rings. The predicted molar refractivity (Wildman–Crippen MR) is 76.1 cm³/mol. The number of benzene rings is 1. The minimum Gasteiger partial charge on any atom is -0.384 e. The molecule has 0 amide bonds. The summed E-state index contributed by atoms with van der Waals surface area (Å²) in [7, 11) is 0. The molecule has 1 aromatic carbocycles. The summed E-state index contributed by atoms with van der Waals surface area (Å²) in [6, 6.07) is 14.2. The quantitative estimate of drug-likeness (QED) is 0.881. The number of hydrogen-bond donors (Lipinski definition) is 2. The molecule has 1 saturated carbocycles. The number of nitrogens with one attached hydrogen (secondary N) is 1. The molecule has 0 unspecified atom stereocenters. The largest absolute Gasteiger partial charge is 0.384 e. The van der Waals surface area contributed by atoms with Gasteiger partial charge in [-0.2, -0.15) is 0 Å². The molecular formula is C16H18N2O. The van der Waals surface area contributed by atoms with Crippen LogP contribution in [0.3, 0.4) is 0 Å². The monoisotopic (exact) mass is 254 g/mol. The Morgan fingerprint density at radius 1 is 1.16 bits per heavy atom. The maximum atomic E-state index is 10.4. The summed E-state index contributed by atoms with van der Waals surface area (Å²) < 4.78 is 0. The zero-order valence-corrected chi connectivity index (χ0v) is 11.0. The predicted octanol–water partition coefficient (Wildman–Crippen LogP) is 3.05. The summed E-state index contributed by atoms with van der Waals surface area (Å²) in [6.45, 7) is 1.94. The molecule has 0 saturated heterocycles. The van der Waals surface area contributed by atoms with Gasteiger partial charge < -0.3 is 10.4 Å². The van der Waals surface area contributed by atoms with Gasteiger partial charge in [-0.15, -0.1) is 0 Å². The van der Waals surface area contributed by atoms with Crippen LogP contribution >= 0.6 is 0 Å². The number of hydrogen-bond acceptors (Lipinski definition) is 3. The molecule has 2 N–H and O–H groups in total. The highest BCUT2D eigenvalue weighted by Crippen LogP contribution is 2.27. The molecule has 0 spiro atoms. The van der Waals surface area contributed by atoms with Gasteiger partial charge in [-0.1, -0.05) is 36.4 Å². The molecule has 19 heavy (non-hydrogen) atoms. The Labute approximate surface area is 113 Å². The third kappa shape index (κ3) is 2.76. The van der Waals surface area contributed by atoms with Crippen molar-refractivity contribution < 1.29 is 5.11 Å². The summed E-state index contributed by atoms with van der Waals surface area (Å²) in [5.74, 6) is 0.906. The standard InChI is InChI=1S/C16H18N2O/c1-11-14(16(19)12-5-3-2-4-6-12)9-10-15(17-11)18-13-7-8-13/h2-6,9-10,13,16,19H,7-8H2,1H3,(H,17,18)/t16-/m1/s1. The molecule has 0 bridgehead atoms. The van der Waals surface area contributed by atoms with Gasteiger partial charge in [0.25, 0.3) is 0 Å². The zero-order chi connectivity index (χ0) is 13.2. The topological polar surface area (TPSA) is 45.2 Å². The van der Waals surface area contributed by atoms with Crippen LogP contribution in [0, 0.1) is 6.92 Å². The van der Waals surface area contributed by atoms with Gasteiger partial charge in [-0.25, -0.2) is 4.98 Å². The minimum atomic E-state index is -0.608. The Bertz CT molecular complexity index is 564. The maximum Gasteiger partial charge on any atom is 0.126 e. The average molecular weight is 254 g/mol. The van der Waals surface area contributed by atoms with Gasteiger partial charge in [0.1, 0.15) is 11.9 Å². The van der Waals surface area contributed by atoms with Crippen molar-refractivity contribution in [1.82, 2.24) is 4.98 Å². The number of nitrogens with zero attached hydrogens (tertiary/aromatic N) is 1. The van der Waals surface area contributed by atoms with Crippen LogP contribution in [0.1, 0.15) is 35.8 Å². The van der Waals surface area contributed by atoms with Crippen molar-refractivity contribution in [2.24, 2.45) is 0 Å². The van der Waals surface area contributed by atoms with Gasteiger partial charge in [-0.05, 0) is 31.4 Å². The van der Waals surface area contributed by atoms with Crippen LogP contribution in [-0.4, -0.2) is 16.1 Å². The van der Waals surface area contributed by atoms with Crippen molar-refractivity contribution >= 4 is 5.82 Å². The molecule has 0 aliphatic heterocycles. The Kier molecular flexibility index (Phi) is 3.22. The lowest BCUT2D eigenvalue weighted by atomic mass is 10.0. The fraction of sp³-hybridized carbons (Fsp3) is 0.312. The molecule has 1 heterocycles. The van der Waals surface area contributed by atoms with Crippen molar-refractivity contribution in [3.63, 3.8) is 0 Å². The molecule has 1 fully saturated rings. The van der Waals surface area contributed by atoms with E-state index in [1.54, 1.807) is 0 Å². The van der Waals surface area contributed by atoms with Crippen LogP contribution in [0.4, 0.5) is 5.82 Å². The van der Waals surface area contributed by atoms with Crippen LogP contribution < -0.4 is 5.32 Å². The van der Waals surface area contributed by atoms with E-state index < -0.39 is 6.10 Å². The normalized spacial score (nSPS) is 16.1. The smallest absolute Gasteiger partial charge is 0.126 e. The molecule has 1 aliphatic carbocycles. The van der Waals surface area contributed by atoms with E-state index in [9.17, 15) is 5.11 Å². The Hall–Kier alpha value is -1.87. The van der Waals surface area contributed by atoms with Crippen LogP contribution in [0.2, 0.25) is 0 Å². The van der Waals surface area contributed by atoms with Crippen molar-refractivity contribution in [3.05, 3.63) is 59.3 Å². The van der Waals surface area contributed by atoms with Crippen molar-refractivity contribution in [3.8, 4) is 0 Å². The minimum absolute atomic E-state index is 0.594. The maximum absolute atomic E-state index is 10.4. The van der Waals surface area contributed by atoms with Crippen LogP contribution in [-0.2, 0) is 0 Å². The van der Waals surface area contributed by atoms with Gasteiger partial charge in [0.05, 0.1) is 0 Å². The van der Waals surface area contributed by atoms with E-state index >= 15 is 0 Å². The third-order valence-electron chi connectivity index (χ3n) is 3.47. The first-order valence-corrected chi connectivity index (χ1v) is 6.71. The highest BCUT2D eigenvalue weighted by molar-refractivity contribution is 5.43. The number of pyridine rings is 1. The molecule has 1 aliphatic rings. The van der Waals surface area contributed by atoms with Gasteiger partial charge >= 0.3 is 0 Å². The first-order valence-electron chi connectivity index (χ1n) is 6.71. The fourth-order valence-corrected chi connectivity index (χ4v) is 2.19. The Morgan fingerprint density at radius 2 is 1.89 bits per heavy atom. The molecule has 98 valence electrons. The van der Waals surface area contributed by atoms with Crippen LogP contribution in [0.5, 0.6) is 0 Å². The number of aromatic nitrogens is 1.